The summed E-state index contributed by atoms with van der Waals surface area (Å²) in [6.45, 7) is 16.1. The van der Waals surface area contributed by atoms with E-state index in [1.165, 1.54) is 23.5 Å². The van der Waals surface area contributed by atoms with Gasteiger partial charge in [-0.25, -0.2) is 0 Å². The Kier molecular flexibility index (Phi) is 20.1. The van der Waals surface area contributed by atoms with Crippen molar-refractivity contribution in [2.24, 2.45) is 34.6 Å². The van der Waals surface area contributed by atoms with Gasteiger partial charge in [0, 0.05) is 41.6 Å². The minimum atomic E-state index is -0.731. The monoisotopic (exact) mass is 863 g/mol. The summed E-state index contributed by atoms with van der Waals surface area (Å²) in [4.78, 5) is 56.2. The molecule has 0 saturated carbocycles. The standard InChI is InChI=1S/C45H69N9O4S2/c1-28(13-8-10-17-46)40(55)51-34-24-31(44(2,3)4)25-35(38(34)59-21-19-48)52-41(56)29-14-12-15-30(23-29)42(57)53-36-26-32(45(5,6)7)27-37(39(36)60-22-20-49)54-43(58)33(50)16-9-11-18-47/h12,14-15,23-28,33H,8-11,13,16-22,46-50H2,1-7H3,(H,51,55)(H,52,56)(H,53,57)(H,54,58)/t28-,33-/m0/s1. The quantitative estimate of drug-likeness (QED) is 0.0368. The number of thioether (sulfide) groups is 2. The lowest BCUT2D eigenvalue weighted by atomic mass is 9.86. The molecule has 0 fully saturated rings. The maximum absolute atomic E-state index is 14.1. The van der Waals surface area contributed by atoms with Crippen molar-refractivity contribution < 1.29 is 19.2 Å². The van der Waals surface area contributed by atoms with E-state index in [4.69, 9.17) is 28.7 Å². The van der Waals surface area contributed by atoms with E-state index >= 15 is 0 Å². The van der Waals surface area contributed by atoms with Crippen molar-refractivity contribution >= 4 is 69.9 Å². The number of hydrogen-bond donors (Lipinski definition) is 9. The van der Waals surface area contributed by atoms with Crippen LogP contribution in [-0.4, -0.2) is 67.4 Å². The van der Waals surface area contributed by atoms with Gasteiger partial charge in [0.05, 0.1) is 38.6 Å². The molecule has 15 heteroatoms. The van der Waals surface area contributed by atoms with E-state index in [9.17, 15) is 19.2 Å². The number of carbonyl (C=O) groups excluding carboxylic acids is 4. The molecule has 2 atom stereocenters. The van der Waals surface area contributed by atoms with Gasteiger partial charge in [0.25, 0.3) is 11.8 Å². The highest BCUT2D eigenvalue weighted by Gasteiger charge is 2.26. The Morgan fingerprint density at radius 2 is 0.967 bits per heavy atom. The lowest BCUT2D eigenvalue weighted by Crippen LogP contribution is -2.36. The lowest BCUT2D eigenvalue weighted by molar-refractivity contribution is -0.119. The lowest BCUT2D eigenvalue weighted by Gasteiger charge is -2.25. The molecule has 330 valence electrons. The Morgan fingerprint density at radius 1 is 0.567 bits per heavy atom. The van der Waals surface area contributed by atoms with Crippen molar-refractivity contribution in [1.29, 1.82) is 0 Å². The second-order valence-corrected chi connectivity index (χ2v) is 19.3. The Morgan fingerprint density at radius 3 is 1.37 bits per heavy atom. The van der Waals surface area contributed by atoms with E-state index in [2.05, 4.69) is 42.0 Å². The van der Waals surface area contributed by atoms with E-state index in [0.29, 0.717) is 83.1 Å². The Hall–Kier alpha value is -3.96. The second-order valence-electron chi connectivity index (χ2n) is 17.1. The summed E-state index contributed by atoms with van der Waals surface area (Å²) in [6, 6.07) is 13.5. The van der Waals surface area contributed by atoms with Crippen molar-refractivity contribution in [3.05, 3.63) is 70.8 Å². The summed E-state index contributed by atoms with van der Waals surface area (Å²) in [5, 5.41) is 12.3. The van der Waals surface area contributed by atoms with Gasteiger partial charge in [0.1, 0.15) is 0 Å². The molecular formula is C45H69N9O4S2. The summed E-state index contributed by atoms with van der Waals surface area (Å²) >= 11 is 2.87. The van der Waals surface area contributed by atoms with E-state index < -0.39 is 17.9 Å². The molecule has 0 unspecified atom stereocenters. The predicted molar refractivity (Wildman–Crippen MR) is 252 cm³/mol. The predicted octanol–water partition coefficient (Wildman–Crippen LogP) is 6.99. The number of amides is 4. The van der Waals surface area contributed by atoms with Gasteiger partial charge in [-0.3, -0.25) is 19.2 Å². The maximum atomic E-state index is 14.1. The molecule has 0 aliphatic carbocycles. The summed E-state index contributed by atoms with van der Waals surface area (Å²) in [6.07, 6.45) is 4.39. The Labute approximate surface area is 365 Å². The number of nitrogens with one attached hydrogen (secondary N) is 4. The van der Waals surface area contributed by atoms with Crippen molar-refractivity contribution in [2.75, 3.05) is 59.0 Å². The van der Waals surface area contributed by atoms with Crippen molar-refractivity contribution in [3.8, 4) is 0 Å². The molecule has 0 saturated heterocycles. The molecule has 0 bridgehead atoms. The molecule has 0 aliphatic rings. The number of unbranched alkanes of at least 4 members (excludes halogenated alkanes) is 2. The first-order valence-electron chi connectivity index (χ1n) is 20.9. The van der Waals surface area contributed by atoms with Gasteiger partial charge in [0.15, 0.2) is 0 Å². The van der Waals surface area contributed by atoms with Gasteiger partial charge in [-0.1, -0.05) is 67.4 Å². The topological polar surface area (TPSA) is 247 Å². The number of benzene rings is 3. The number of anilines is 4. The first-order valence-corrected chi connectivity index (χ1v) is 22.8. The van der Waals surface area contributed by atoms with Crippen LogP contribution in [0.2, 0.25) is 0 Å². The number of nitrogens with two attached hydrogens (primary N) is 5. The highest BCUT2D eigenvalue weighted by atomic mass is 32.2. The molecule has 3 rings (SSSR count). The highest BCUT2D eigenvalue weighted by Crippen LogP contribution is 2.41. The first-order chi connectivity index (χ1) is 28.3. The van der Waals surface area contributed by atoms with Gasteiger partial charge in [-0.2, -0.15) is 0 Å². The Bertz CT molecular complexity index is 1790. The molecule has 0 aliphatic heterocycles. The molecule has 0 aromatic heterocycles. The molecule has 14 N–H and O–H groups in total. The normalized spacial score (nSPS) is 12.7. The van der Waals surface area contributed by atoms with Crippen LogP contribution in [0.25, 0.3) is 0 Å². The molecule has 4 amide bonds. The molecule has 3 aromatic rings. The van der Waals surface area contributed by atoms with Crippen LogP contribution in [0.5, 0.6) is 0 Å². The maximum Gasteiger partial charge on any atom is 0.255 e. The molecule has 0 heterocycles. The summed E-state index contributed by atoms with van der Waals surface area (Å²) in [5.41, 5.74) is 33.2. The SMILES string of the molecule is C[C@@H](CCCCN)C(=O)Nc1cc(C(C)(C)C)cc(NC(=O)c2cccc(C(=O)Nc3cc(C(C)(C)C)cc(NC(=O)[C@@H](N)CCCCN)c3SCCN)c2)c1SCCN. The molecule has 60 heavy (non-hydrogen) atoms. The number of carbonyl (C=O) groups is 4. The van der Waals surface area contributed by atoms with E-state index in [0.717, 1.165) is 36.8 Å². The minimum absolute atomic E-state index is 0.113. The molecule has 3 aromatic carbocycles. The summed E-state index contributed by atoms with van der Waals surface area (Å²) < 4.78 is 0. The Balaban J connectivity index is 2.01. The smallest absolute Gasteiger partial charge is 0.255 e. The van der Waals surface area contributed by atoms with E-state index in [-0.39, 0.29) is 39.7 Å². The number of rotatable bonds is 22. The van der Waals surface area contributed by atoms with Crippen LogP contribution in [0, 0.1) is 5.92 Å². The van der Waals surface area contributed by atoms with Crippen LogP contribution in [-0.2, 0) is 20.4 Å². The fourth-order valence-corrected chi connectivity index (χ4v) is 7.87. The zero-order chi connectivity index (χ0) is 44.6. The summed E-state index contributed by atoms with van der Waals surface area (Å²) in [7, 11) is 0. The first kappa shape index (κ1) is 50.4. The zero-order valence-corrected chi connectivity index (χ0v) is 38.2. The molecule has 13 nitrogen and oxygen atoms in total. The van der Waals surface area contributed by atoms with Crippen molar-refractivity contribution in [1.82, 2.24) is 0 Å². The average Bonchev–Trinajstić information content (AvgIpc) is 3.19. The zero-order valence-electron chi connectivity index (χ0n) is 36.6. The second kappa shape index (κ2) is 23.9. The van der Waals surface area contributed by atoms with Crippen LogP contribution in [0.4, 0.5) is 22.7 Å². The third-order valence-electron chi connectivity index (χ3n) is 9.88. The van der Waals surface area contributed by atoms with Gasteiger partial charge in [0.2, 0.25) is 11.8 Å². The third-order valence-corrected chi connectivity index (χ3v) is 12.2. The van der Waals surface area contributed by atoms with Crippen LogP contribution >= 0.6 is 23.5 Å². The molecule has 0 radical (unpaired) electrons. The largest absolute Gasteiger partial charge is 0.330 e. The van der Waals surface area contributed by atoms with Crippen molar-refractivity contribution in [3.63, 3.8) is 0 Å². The van der Waals surface area contributed by atoms with Crippen LogP contribution in [0.1, 0.15) is 119 Å². The van der Waals surface area contributed by atoms with Crippen molar-refractivity contribution in [2.45, 2.75) is 114 Å². The third kappa shape index (κ3) is 15.2. The van der Waals surface area contributed by atoms with Gasteiger partial charge in [-0.05, 0) is 103 Å². The molecule has 0 spiro atoms. The fraction of sp³-hybridized carbons (Fsp3) is 0.511. The highest BCUT2D eigenvalue weighted by molar-refractivity contribution is 7.99. The summed E-state index contributed by atoms with van der Waals surface area (Å²) in [5.74, 6) is -0.473. The van der Waals surface area contributed by atoms with Crippen LogP contribution < -0.4 is 49.9 Å². The van der Waals surface area contributed by atoms with E-state index in [1.807, 2.05) is 52.0 Å². The van der Waals surface area contributed by atoms with Gasteiger partial charge >= 0.3 is 0 Å². The van der Waals surface area contributed by atoms with E-state index in [1.54, 1.807) is 24.3 Å². The minimum Gasteiger partial charge on any atom is -0.330 e. The van der Waals surface area contributed by atoms with Gasteiger partial charge in [-0.15, -0.1) is 23.5 Å². The van der Waals surface area contributed by atoms with Crippen LogP contribution in [0.15, 0.2) is 58.3 Å². The number of hydrogen-bond acceptors (Lipinski definition) is 11. The van der Waals surface area contributed by atoms with Gasteiger partial charge < -0.3 is 49.9 Å². The van der Waals surface area contributed by atoms with Crippen LogP contribution in [0.3, 0.4) is 0 Å². The fourth-order valence-electron chi connectivity index (χ4n) is 6.17. The molecular weight excluding hydrogens is 795 g/mol. The average molecular weight is 864 g/mol.